The number of pyridine rings is 1. The molecule has 0 radical (unpaired) electrons. The van der Waals surface area contributed by atoms with Crippen LogP contribution in [0.5, 0.6) is 0 Å². The Hall–Kier alpha value is -1.62. The first-order chi connectivity index (χ1) is 10.2. The summed E-state index contributed by atoms with van der Waals surface area (Å²) in [5, 5.41) is 0. The molecule has 0 bridgehead atoms. The van der Waals surface area contributed by atoms with Crippen molar-refractivity contribution in [2.45, 2.75) is 46.7 Å². The van der Waals surface area contributed by atoms with Crippen molar-refractivity contribution in [1.82, 2.24) is 14.8 Å². The average Bonchev–Trinajstić information content (AvgIpc) is 2.41. The number of amides is 2. The van der Waals surface area contributed by atoms with Crippen molar-refractivity contribution in [3.63, 3.8) is 0 Å². The van der Waals surface area contributed by atoms with Gasteiger partial charge in [-0.2, -0.15) is 0 Å². The summed E-state index contributed by atoms with van der Waals surface area (Å²) in [5.41, 5.74) is 0.915. The minimum atomic E-state index is -0.0365. The number of aromatic nitrogens is 1. The number of carbonyl (C=O) groups excluding carboxylic acids is 1. The van der Waals surface area contributed by atoms with Crippen LogP contribution in [0.25, 0.3) is 0 Å². The van der Waals surface area contributed by atoms with E-state index in [2.05, 4.69) is 37.6 Å². The van der Waals surface area contributed by atoms with Gasteiger partial charge in [-0.3, -0.25) is 9.80 Å². The van der Waals surface area contributed by atoms with Crippen LogP contribution in [0.1, 0.15) is 33.4 Å². The third-order valence-electron chi connectivity index (χ3n) is 3.67. The van der Waals surface area contributed by atoms with Crippen LogP contribution < -0.4 is 4.90 Å². The van der Waals surface area contributed by atoms with E-state index in [1.54, 1.807) is 23.9 Å². The fourth-order valence-corrected chi connectivity index (χ4v) is 2.56. The molecule has 5 nitrogen and oxygen atoms in total. The van der Waals surface area contributed by atoms with Gasteiger partial charge in [-0.15, -0.1) is 0 Å². The first-order valence-corrected chi connectivity index (χ1v) is 7.92. The lowest BCUT2D eigenvalue weighted by Gasteiger charge is -2.33. The Balaban J connectivity index is 2.95. The van der Waals surface area contributed by atoms with Crippen molar-refractivity contribution in [2.24, 2.45) is 0 Å². The Morgan fingerprint density at radius 3 is 2.14 bits per heavy atom. The molecule has 22 heavy (non-hydrogen) atoms. The number of anilines is 1. The number of aryl methyl sites for hydroxylation is 1. The minimum absolute atomic E-state index is 0.0365. The molecule has 5 heteroatoms. The van der Waals surface area contributed by atoms with Gasteiger partial charge in [0.1, 0.15) is 5.82 Å². The van der Waals surface area contributed by atoms with Crippen molar-refractivity contribution < 1.29 is 4.79 Å². The van der Waals surface area contributed by atoms with E-state index < -0.39 is 0 Å². The zero-order valence-corrected chi connectivity index (χ0v) is 15.0. The molecule has 0 atom stereocenters. The quantitative estimate of drug-likeness (QED) is 0.811. The van der Waals surface area contributed by atoms with E-state index in [9.17, 15) is 4.79 Å². The van der Waals surface area contributed by atoms with Gasteiger partial charge in [-0.1, -0.05) is 6.07 Å². The van der Waals surface area contributed by atoms with Crippen LogP contribution >= 0.6 is 0 Å². The molecule has 0 spiro atoms. The standard InChI is InChI=1S/C17H30N4O/c1-13(2)20(14(3)4)11-12-21(17(22)19(6)7)16-10-8-9-15(5)18-16/h8-10,13-14H,11-12H2,1-7H3. The number of hydrogen-bond donors (Lipinski definition) is 0. The van der Waals surface area contributed by atoms with Crippen molar-refractivity contribution in [3.8, 4) is 0 Å². The largest absolute Gasteiger partial charge is 0.330 e. The topological polar surface area (TPSA) is 39.7 Å². The number of nitrogens with zero attached hydrogens (tertiary/aromatic N) is 4. The molecule has 1 aromatic heterocycles. The highest BCUT2D eigenvalue weighted by molar-refractivity contribution is 5.90. The predicted molar refractivity (Wildman–Crippen MR) is 92.4 cm³/mol. The second-order valence-electron chi connectivity index (χ2n) is 6.39. The number of rotatable bonds is 6. The van der Waals surface area contributed by atoms with Crippen molar-refractivity contribution in [3.05, 3.63) is 23.9 Å². The lowest BCUT2D eigenvalue weighted by molar-refractivity contribution is 0.177. The normalized spacial score (nSPS) is 11.4. The summed E-state index contributed by atoms with van der Waals surface area (Å²) in [6.07, 6.45) is 0. The maximum atomic E-state index is 12.5. The van der Waals surface area contributed by atoms with Gasteiger partial charge in [0.25, 0.3) is 0 Å². The zero-order chi connectivity index (χ0) is 16.9. The van der Waals surface area contributed by atoms with E-state index in [4.69, 9.17) is 0 Å². The Morgan fingerprint density at radius 1 is 1.09 bits per heavy atom. The maximum absolute atomic E-state index is 12.5. The van der Waals surface area contributed by atoms with Crippen LogP contribution in [0, 0.1) is 6.92 Å². The highest BCUT2D eigenvalue weighted by Gasteiger charge is 2.21. The maximum Gasteiger partial charge on any atom is 0.325 e. The number of carbonyl (C=O) groups is 1. The second kappa shape index (κ2) is 8.13. The average molecular weight is 306 g/mol. The Kier molecular flexibility index (Phi) is 6.81. The van der Waals surface area contributed by atoms with Crippen LogP contribution in [0.2, 0.25) is 0 Å². The molecular weight excluding hydrogens is 276 g/mol. The summed E-state index contributed by atoms with van der Waals surface area (Å²) in [7, 11) is 3.54. The molecule has 0 fully saturated rings. The molecule has 0 N–H and O–H groups in total. The van der Waals surface area contributed by atoms with Crippen molar-refractivity contribution in [1.29, 1.82) is 0 Å². The van der Waals surface area contributed by atoms with Crippen LogP contribution in [-0.4, -0.2) is 60.1 Å². The van der Waals surface area contributed by atoms with Gasteiger partial charge in [-0.05, 0) is 46.8 Å². The molecule has 0 aliphatic heterocycles. The molecular formula is C17H30N4O. The number of urea groups is 1. The summed E-state index contributed by atoms with van der Waals surface area (Å²) in [5.74, 6) is 0.714. The number of hydrogen-bond acceptors (Lipinski definition) is 3. The smallest absolute Gasteiger partial charge is 0.325 e. The third kappa shape index (κ3) is 4.98. The zero-order valence-electron chi connectivity index (χ0n) is 15.0. The Morgan fingerprint density at radius 2 is 1.68 bits per heavy atom. The molecule has 0 aromatic carbocycles. The van der Waals surface area contributed by atoms with Crippen LogP contribution in [-0.2, 0) is 0 Å². The van der Waals surface area contributed by atoms with Crippen molar-refractivity contribution >= 4 is 11.8 Å². The van der Waals surface area contributed by atoms with Crippen LogP contribution in [0.3, 0.4) is 0 Å². The lowest BCUT2D eigenvalue weighted by atomic mass is 10.2. The van der Waals surface area contributed by atoms with E-state index in [0.717, 1.165) is 12.2 Å². The van der Waals surface area contributed by atoms with Gasteiger partial charge < -0.3 is 4.90 Å². The Labute approximate surface area is 134 Å². The van der Waals surface area contributed by atoms with Crippen LogP contribution in [0.4, 0.5) is 10.6 Å². The molecule has 1 aromatic rings. The van der Waals surface area contributed by atoms with E-state index >= 15 is 0 Å². The fraction of sp³-hybridized carbons (Fsp3) is 0.647. The van der Waals surface area contributed by atoms with Gasteiger partial charge in [-0.25, -0.2) is 9.78 Å². The molecule has 0 aliphatic carbocycles. The minimum Gasteiger partial charge on any atom is -0.330 e. The third-order valence-corrected chi connectivity index (χ3v) is 3.67. The summed E-state index contributed by atoms with van der Waals surface area (Å²) >= 11 is 0. The van der Waals surface area contributed by atoms with E-state index in [1.165, 1.54) is 0 Å². The highest BCUT2D eigenvalue weighted by Crippen LogP contribution is 2.14. The lowest BCUT2D eigenvalue weighted by Crippen LogP contribution is -2.47. The molecule has 2 amide bonds. The van der Waals surface area contributed by atoms with E-state index in [0.29, 0.717) is 24.4 Å². The summed E-state index contributed by atoms with van der Waals surface area (Å²) in [6.45, 7) is 12.1. The first-order valence-electron chi connectivity index (χ1n) is 7.92. The van der Waals surface area contributed by atoms with Gasteiger partial charge in [0.15, 0.2) is 0 Å². The van der Waals surface area contributed by atoms with Gasteiger partial charge in [0.2, 0.25) is 0 Å². The van der Waals surface area contributed by atoms with Gasteiger partial charge in [0, 0.05) is 45.0 Å². The first kappa shape index (κ1) is 18.4. The summed E-state index contributed by atoms with van der Waals surface area (Å²) in [6, 6.07) is 6.63. The summed E-state index contributed by atoms with van der Waals surface area (Å²) in [4.78, 5) is 22.7. The fourth-order valence-electron chi connectivity index (χ4n) is 2.56. The van der Waals surface area contributed by atoms with Gasteiger partial charge in [0.05, 0.1) is 0 Å². The summed E-state index contributed by atoms with van der Waals surface area (Å²) < 4.78 is 0. The molecule has 0 saturated carbocycles. The van der Waals surface area contributed by atoms with Crippen molar-refractivity contribution in [2.75, 3.05) is 32.1 Å². The van der Waals surface area contributed by atoms with Crippen LogP contribution in [0.15, 0.2) is 18.2 Å². The molecule has 0 saturated heterocycles. The molecule has 124 valence electrons. The molecule has 1 heterocycles. The SMILES string of the molecule is Cc1cccc(N(CCN(C(C)C)C(C)C)C(=O)N(C)C)n1. The Bertz CT molecular complexity index is 477. The van der Waals surface area contributed by atoms with E-state index in [1.807, 2.05) is 25.1 Å². The second-order valence-corrected chi connectivity index (χ2v) is 6.39. The monoisotopic (exact) mass is 306 g/mol. The molecule has 0 aliphatic rings. The highest BCUT2D eigenvalue weighted by atomic mass is 16.2. The molecule has 0 unspecified atom stereocenters. The predicted octanol–water partition coefficient (Wildman–Crippen LogP) is 3.00. The molecule has 1 rings (SSSR count). The van der Waals surface area contributed by atoms with E-state index in [-0.39, 0.29) is 6.03 Å². The van der Waals surface area contributed by atoms with Gasteiger partial charge >= 0.3 is 6.03 Å².